The van der Waals surface area contributed by atoms with Crippen LogP contribution in [0.5, 0.6) is 5.75 Å². The number of amides is 2. The van der Waals surface area contributed by atoms with Gasteiger partial charge in [0.25, 0.3) is 0 Å². The van der Waals surface area contributed by atoms with E-state index < -0.39 is 0 Å². The van der Waals surface area contributed by atoms with Crippen molar-refractivity contribution in [2.24, 2.45) is 11.7 Å². The number of ether oxygens (including phenoxy) is 1. The average Bonchev–Trinajstić information content (AvgIpc) is 2.47. The van der Waals surface area contributed by atoms with E-state index >= 15 is 0 Å². The van der Waals surface area contributed by atoms with Crippen LogP contribution in [-0.4, -0.2) is 43.5 Å². The van der Waals surface area contributed by atoms with E-state index in [0.29, 0.717) is 42.4 Å². The van der Waals surface area contributed by atoms with E-state index in [2.05, 4.69) is 5.32 Å². The van der Waals surface area contributed by atoms with Gasteiger partial charge in [0.15, 0.2) is 0 Å². The second kappa shape index (κ2) is 7.47. The smallest absolute Gasteiger partial charge is 0.231 e. The topological polar surface area (TPSA) is 84.7 Å². The Hall–Kier alpha value is -1.79. The van der Waals surface area contributed by atoms with Crippen LogP contribution in [0.15, 0.2) is 18.2 Å². The van der Waals surface area contributed by atoms with Crippen LogP contribution in [0, 0.1) is 5.92 Å². The van der Waals surface area contributed by atoms with Crippen LogP contribution >= 0.6 is 11.6 Å². The molecule has 1 aliphatic heterocycles. The van der Waals surface area contributed by atoms with Gasteiger partial charge >= 0.3 is 0 Å². The molecule has 120 valence electrons. The number of halogens is 1. The minimum atomic E-state index is -0.341. The molecule has 7 heteroatoms. The van der Waals surface area contributed by atoms with Crippen molar-refractivity contribution in [3.8, 4) is 5.75 Å². The van der Waals surface area contributed by atoms with Crippen molar-refractivity contribution >= 4 is 29.1 Å². The summed E-state index contributed by atoms with van der Waals surface area (Å²) >= 11 is 5.95. The Morgan fingerprint density at radius 3 is 2.68 bits per heavy atom. The maximum atomic E-state index is 12.4. The lowest BCUT2D eigenvalue weighted by atomic mass is 9.96. The van der Waals surface area contributed by atoms with Crippen molar-refractivity contribution in [1.29, 1.82) is 0 Å². The van der Waals surface area contributed by atoms with Crippen molar-refractivity contribution in [2.75, 3.05) is 32.1 Å². The Bertz CT molecular complexity index is 557. The molecular weight excluding hydrogens is 306 g/mol. The van der Waals surface area contributed by atoms with Gasteiger partial charge in [0, 0.05) is 10.9 Å². The maximum Gasteiger partial charge on any atom is 0.231 e. The number of rotatable bonds is 5. The molecule has 0 saturated carbocycles. The zero-order chi connectivity index (χ0) is 16.1. The summed E-state index contributed by atoms with van der Waals surface area (Å²) in [7, 11) is 1.54. The largest absolute Gasteiger partial charge is 0.495 e. The van der Waals surface area contributed by atoms with Crippen molar-refractivity contribution in [3.63, 3.8) is 0 Å². The van der Waals surface area contributed by atoms with Crippen molar-refractivity contribution in [2.45, 2.75) is 12.8 Å². The number of methoxy groups -OCH3 is 1. The van der Waals surface area contributed by atoms with Crippen molar-refractivity contribution in [1.82, 2.24) is 4.90 Å². The van der Waals surface area contributed by atoms with Crippen LogP contribution in [0.3, 0.4) is 0 Å². The predicted octanol–water partition coefficient (Wildman–Crippen LogP) is 1.48. The van der Waals surface area contributed by atoms with Crippen molar-refractivity contribution < 1.29 is 14.3 Å². The first-order valence-corrected chi connectivity index (χ1v) is 7.52. The number of nitrogens with two attached hydrogens (primary N) is 1. The second-order valence-corrected chi connectivity index (χ2v) is 5.79. The number of benzene rings is 1. The molecule has 0 bridgehead atoms. The summed E-state index contributed by atoms with van der Waals surface area (Å²) in [6.07, 6.45) is 1.39. The number of piperidine rings is 1. The Morgan fingerprint density at radius 1 is 1.41 bits per heavy atom. The first kappa shape index (κ1) is 16.6. The quantitative estimate of drug-likeness (QED) is 0.859. The number of nitrogens with one attached hydrogen (secondary N) is 1. The fourth-order valence-electron chi connectivity index (χ4n) is 2.59. The van der Waals surface area contributed by atoms with Gasteiger partial charge in [-0.05, 0) is 44.1 Å². The first-order chi connectivity index (χ1) is 10.5. The molecule has 1 saturated heterocycles. The molecule has 0 unspecified atom stereocenters. The Morgan fingerprint density at radius 2 is 2.09 bits per heavy atom. The van der Waals surface area contributed by atoms with Gasteiger partial charge in [-0.1, -0.05) is 11.6 Å². The number of hydrogen-bond donors (Lipinski definition) is 2. The Kier molecular flexibility index (Phi) is 5.63. The predicted molar refractivity (Wildman–Crippen MR) is 85.0 cm³/mol. The van der Waals surface area contributed by atoms with Gasteiger partial charge in [0.05, 0.1) is 19.3 Å². The molecule has 6 nitrogen and oxygen atoms in total. The molecule has 0 atom stereocenters. The molecule has 1 aromatic rings. The molecule has 0 aromatic heterocycles. The van der Waals surface area contributed by atoms with E-state index in [1.165, 1.54) is 0 Å². The standard InChI is InChI=1S/C15H20ClN3O3/c1-22-13-3-2-11(16)8-12(13)18-15(21)10-4-6-19(7-5-10)9-14(17)20/h2-3,8,10H,4-7,9H2,1H3,(H2,17,20)(H,18,21). The molecule has 0 aliphatic carbocycles. The van der Waals surface area contributed by atoms with Crippen LogP contribution in [0.4, 0.5) is 5.69 Å². The zero-order valence-electron chi connectivity index (χ0n) is 12.5. The first-order valence-electron chi connectivity index (χ1n) is 7.14. The molecule has 3 N–H and O–H groups in total. The summed E-state index contributed by atoms with van der Waals surface area (Å²) in [5.41, 5.74) is 5.75. The van der Waals surface area contributed by atoms with Crippen LogP contribution in [-0.2, 0) is 9.59 Å². The molecule has 0 radical (unpaired) electrons. The third-order valence-electron chi connectivity index (χ3n) is 3.76. The number of carbonyl (C=O) groups is 2. The van der Waals surface area contributed by atoms with Gasteiger partial charge in [0.2, 0.25) is 11.8 Å². The normalized spacial score (nSPS) is 16.3. The highest BCUT2D eigenvalue weighted by atomic mass is 35.5. The Balaban J connectivity index is 1.94. The van der Waals surface area contributed by atoms with Crippen LogP contribution in [0.2, 0.25) is 5.02 Å². The van der Waals surface area contributed by atoms with Crippen molar-refractivity contribution in [3.05, 3.63) is 23.2 Å². The third-order valence-corrected chi connectivity index (χ3v) is 3.99. The monoisotopic (exact) mass is 325 g/mol. The zero-order valence-corrected chi connectivity index (χ0v) is 13.2. The number of nitrogens with zero attached hydrogens (tertiary/aromatic N) is 1. The molecular formula is C15H20ClN3O3. The minimum absolute atomic E-state index is 0.0562. The summed E-state index contributed by atoms with van der Waals surface area (Å²) in [6.45, 7) is 1.62. The average molecular weight is 326 g/mol. The number of likely N-dealkylation sites (tertiary alicyclic amines) is 1. The summed E-state index contributed by atoms with van der Waals surface area (Å²) < 4.78 is 5.22. The molecule has 22 heavy (non-hydrogen) atoms. The molecule has 1 fully saturated rings. The fourth-order valence-corrected chi connectivity index (χ4v) is 2.76. The van der Waals surface area contributed by atoms with Gasteiger partial charge in [-0.3, -0.25) is 14.5 Å². The van der Waals surface area contributed by atoms with Crippen LogP contribution < -0.4 is 15.8 Å². The maximum absolute atomic E-state index is 12.4. The highest BCUT2D eigenvalue weighted by Crippen LogP contribution is 2.29. The van der Waals surface area contributed by atoms with Gasteiger partial charge in [-0.15, -0.1) is 0 Å². The van der Waals surface area contributed by atoms with Crippen LogP contribution in [0.25, 0.3) is 0 Å². The van der Waals surface area contributed by atoms with Gasteiger partial charge in [0.1, 0.15) is 5.75 Å². The molecule has 0 spiro atoms. The molecule has 1 aromatic carbocycles. The van der Waals surface area contributed by atoms with Gasteiger partial charge in [-0.2, -0.15) is 0 Å². The van der Waals surface area contributed by atoms with E-state index in [4.69, 9.17) is 22.1 Å². The number of anilines is 1. The van der Waals surface area contributed by atoms with E-state index in [-0.39, 0.29) is 24.3 Å². The van der Waals surface area contributed by atoms with E-state index in [1.54, 1.807) is 25.3 Å². The lowest BCUT2D eigenvalue weighted by Gasteiger charge is -2.30. The third kappa shape index (κ3) is 4.35. The summed E-state index contributed by atoms with van der Waals surface area (Å²) in [6, 6.07) is 5.09. The minimum Gasteiger partial charge on any atom is -0.495 e. The molecule has 1 aliphatic rings. The molecule has 2 amide bonds. The lowest BCUT2D eigenvalue weighted by molar-refractivity contribution is -0.122. The lowest BCUT2D eigenvalue weighted by Crippen LogP contribution is -2.42. The second-order valence-electron chi connectivity index (χ2n) is 5.35. The number of carbonyl (C=O) groups excluding carboxylic acids is 2. The summed E-state index contributed by atoms with van der Waals surface area (Å²) in [4.78, 5) is 25.2. The number of hydrogen-bond acceptors (Lipinski definition) is 4. The van der Waals surface area contributed by atoms with Gasteiger partial charge < -0.3 is 15.8 Å². The molecule has 1 heterocycles. The van der Waals surface area contributed by atoms with E-state index in [0.717, 1.165) is 0 Å². The van der Waals surface area contributed by atoms with Crippen LogP contribution in [0.1, 0.15) is 12.8 Å². The van der Waals surface area contributed by atoms with E-state index in [9.17, 15) is 9.59 Å². The highest BCUT2D eigenvalue weighted by molar-refractivity contribution is 6.31. The molecule has 2 rings (SSSR count). The SMILES string of the molecule is COc1ccc(Cl)cc1NC(=O)C1CCN(CC(N)=O)CC1. The van der Waals surface area contributed by atoms with Gasteiger partial charge in [-0.25, -0.2) is 0 Å². The summed E-state index contributed by atoms with van der Waals surface area (Å²) in [5.74, 6) is 0.0857. The Labute approximate surface area is 134 Å². The highest BCUT2D eigenvalue weighted by Gasteiger charge is 2.26. The fraction of sp³-hybridized carbons (Fsp3) is 0.467. The summed E-state index contributed by atoms with van der Waals surface area (Å²) in [5, 5.41) is 3.40. The van der Waals surface area contributed by atoms with E-state index in [1.807, 2.05) is 4.90 Å². The number of primary amides is 1.